The van der Waals surface area contributed by atoms with E-state index in [1.54, 1.807) is 0 Å². The molecule has 0 amide bonds. The predicted molar refractivity (Wildman–Crippen MR) is 74.8 cm³/mol. The third kappa shape index (κ3) is 3.04. The Morgan fingerprint density at radius 3 is 2.52 bits per heavy atom. The van der Waals surface area contributed by atoms with Crippen LogP contribution in [-0.2, 0) is 10.0 Å². The molecule has 0 spiro atoms. The van der Waals surface area contributed by atoms with Gasteiger partial charge in [0.15, 0.2) is 0 Å². The first-order valence-electron chi connectivity index (χ1n) is 6.44. The third-order valence-corrected chi connectivity index (χ3v) is 5.66. The van der Waals surface area contributed by atoms with Crippen LogP contribution < -0.4 is 0 Å². The molecule has 0 bridgehead atoms. The number of piperidine rings is 1. The molecule has 21 heavy (non-hydrogen) atoms. The highest BCUT2D eigenvalue weighted by atomic mass is 32.2. The van der Waals surface area contributed by atoms with Gasteiger partial charge in [-0.25, -0.2) is 8.42 Å². The summed E-state index contributed by atoms with van der Waals surface area (Å²) in [5, 5.41) is 19.8. The van der Waals surface area contributed by atoms with Gasteiger partial charge in [-0.3, -0.25) is 10.1 Å². The largest absolute Gasteiger partial charge is 0.270 e. The van der Waals surface area contributed by atoms with Crippen LogP contribution in [0.4, 0.5) is 5.69 Å². The summed E-state index contributed by atoms with van der Waals surface area (Å²) in [6, 6.07) is 7.22. The number of sulfonamides is 1. The summed E-state index contributed by atoms with van der Waals surface area (Å²) in [4.78, 5) is 10.0. The van der Waals surface area contributed by atoms with Crippen molar-refractivity contribution in [2.75, 3.05) is 13.1 Å². The van der Waals surface area contributed by atoms with Gasteiger partial charge in [0.1, 0.15) is 0 Å². The lowest BCUT2D eigenvalue weighted by molar-refractivity contribution is -0.385. The number of rotatable bonds is 3. The van der Waals surface area contributed by atoms with Crippen LogP contribution >= 0.6 is 0 Å². The van der Waals surface area contributed by atoms with E-state index in [1.165, 1.54) is 22.5 Å². The van der Waals surface area contributed by atoms with Crippen LogP contribution in [0.3, 0.4) is 0 Å². The van der Waals surface area contributed by atoms with Crippen LogP contribution in [0.15, 0.2) is 29.2 Å². The molecule has 1 saturated heterocycles. The van der Waals surface area contributed by atoms with Gasteiger partial charge in [0.05, 0.1) is 21.3 Å². The van der Waals surface area contributed by atoms with Gasteiger partial charge >= 0.3 is 0 Å². The van der Waals surface area contributed by atoms with Gasteiger partial charge in [-0.2, -0.15) is 9.57 Å². The van der Waals surface area contributed by atoms with Crippen LogP contribution in [0, 0.1) is 26.9 Å². The molecule has 8 heteroatoms. The lowest BCUT2D eigenvalue weighted by Crippen LogP contribution is -2.41. The fourth-order valence-electron chi connectivity index (χ4n) is 2.24. The molecule has 7 nitrogen and oxygen atoms in total. The number of nitro benzene ring substituents is 1. The van der Waals surface area contributed by atoms with Gasteiger partial charge in [-0.1, -0.05) is 6.07 Å². The maximum atomic E-state index is 12.5. The first-order chi connectivity index (χ1) is 9.78. The minimum Gasteiger partial charge on any atom is -0.258 e. The Labute approximate surface area is 123 Å². The van der Waals surface area contributed by atoms with Crippen molar-refractivity contribution in [3.8, 4) is 6.07 Å². The first kappa shape index (κ1) is 15.4. The van der Waals surface area contributed by atoms with Gasteiger partial charge in [0.25, 0.3) is 5.69 Å². The smallest absolute Gasteiger partial charge is 0.258 e. The second kappa shape index (κ2) is 5.42. The van der Waals surface area contributed by atoms with E-state index in [2.05, 4.69) is 6.07 Å². The molecular weight excluding hydrogens is 294 g/mol. The summed E-state index contributed by atoms with van der Waals surface area (Å²) in [6.07, 6.45) is 0.912. The predicted octanol–water partition coefficient (Wildman–Crippen LogP) is 1.91. The van der Waals surface area contributed by atoms with E-state index >= 15 is 0 Å². The zero-order valence-electron chi connectivity index (χ0n) is 11.5. The highest BCUT2D eigenvalue weighted by molar-refractivity contribution is 7.89. The van der Waals surface area contributed by atoms with Crippen molar-refractivity contribution in [2.45, 2.75) is 24.7 Å². The monoisotopic (exact) mass is 309 g/mol. The quantitative estimate of drug-likeness (QED) is 0.626. The van der Waals surface area contributed by atoms with Crippen LogP contribution in [0.5, 0.6) is 0 Å². The van der Waals surface area contributed by atoms with E-state index in [-0.39, 0.29) is 23.7 Å². The summed E-state index contributed by atoms with van der Waals surface area (Å²) in [7, 11) is -3.76. The molecule has 0 saturated carbocycles. The zero-order chi connectivity index (χ0) is 15.7. The lowest BCUT2D eigenvalue weighted by atomic mass is 9.83. The Bertz CT molecular complexity index is 700. The second-order valence-electron chi connectivity index (χ2n) is 5.33. The molecule has 1 aromatic rings. The number of benzene rings is 1. The Hall–Kier alpha value is -1.98. The van der Waals surface area contributed by atoms with E-state index in [9.17, 15) is 18.5 Å². The minimum absolute atomic E-state index is 0.0859. The van der Waals surface area contributed by atoms with E-state index in [1.807, 2.05) is 6.92 Å². The third-order valence-electron chi connectivity index (χ3n) is 3.76. The molecular formula is C13H15N3O4S. The van der Waals surface area contributed by atoms with Crippen molar-refractivity contribution >= 4 is 15.7 Å². The van der Waals surface area contributed by atoms with Crippen molar-refractivity contribution in [1.29, 1.82) is 5.26 Å². The molecule has 2 rings (SSSR count). The Morgan fingerprint density at radius 1 is 1.38 bits per heavy atom. The van der Waals surface area contributed by atoms with Crippen molar-refractivity contribution in [3.63, 3.8) is 0 Å². The number of non-ortho nitro benzene ring substituents is 1. The van der Waals surface area contributed by atoms with E-state index in [4.69, 9.17) is 5.26 Å². The van der Waals surface area contributed by atoms with Gasteiger partial charge in [-0.05, 0) is 25.8 Å². The molecule has 1 fully saturated rings. The van der Waals surface area contributed by atoms with Crippen molar-refractivity contribution in [2.24, 2.45) is 5.41 Å². The molecule has 1 aromatic carbocycles. The molecule has 0 unspecified atom stereocenters. The normalized spacial score (nSPS) is 18.9. The molecule has 1 heterocycles. The standard InChI is InChI=1S/C13H15N3O4S/c1-13(10-14)5-7-15(8-6-13)21(19,20)12-4-2-3-11(9-12)16(17)18/h2-4,9H,5-8H2,1H3. The van der Waals surface area contributed by atoms with Crippen molar-refractivity contribution < 1.29 is 13.3 Å². The second-order valence-corrected chi connectivity index (χ2v) is 7.27. The fourth-order valence-corrected chi connectivity index (χ4v) is 3.72. The molecule has 0 N–H and O–H groups in total. The summed E-state index contributed by atoms with van der Waals surface area (Å²) < 4.78 is 26.2. The first-order valence-corrected chi connectivity index (χ1v) is 7.88. The average molecular weight is 309 g/mol. The van der Waals surface area contributed by atoms with E-state index in [0.29, 0.717) is 12.8 Å². The van der Waals surface area contributed by atoms with Crippen LogP contribution in [0.1, 0.15) is 19.8 Å². The summed E-state index contributed by atoms with van der Waals surface area (Å²) in [5.74, 6) is 0. The number of nitrogens with zero attached hydrogens (tertiary/aromatic N) is 3. The van der Waals surface area contributed by atoms with Crippen molar-refractivity contribution in [1.82, 2.24) is 4.31 Å². The maximum absolute atomic E-state index is 12.5. The molecule has 0 radical (unpaired) electrons. The van der Waals surface area contributed by atoms with Gasteiger partial charge in [0, 0.05) is 25.2 Å². The molecule has 0 atom stereocenters. The summed E-state index contributed by atoms with van der Waals surface area (Å²) >= 11 is 0. The lowest BCUT2D eigenvalue weighted by Gasteiger charge is -2.34. The van der Waals surface area contributed by atoms with Crippen LogP contribution in [0.25, 0.3) is 0 Å². The molecule has 1 aliphatic rings. The Balaban J connectivity index is 2.26. The molecule has 0 aromatic heterocycles. The SMILES string of the molecule is CC1(C#N)CCN(S(=O)(=O)c2cccc([N+](=O)[O-])c2)CC1. The number of nitro groups is 1. The highest BCUT2D eigenvalue weighted by Gasteiger charge is 2.35. The summed E-state index contributed by atoms with van der Waals surface area (Å²) in [5.41, 5.74) is -0.760. The number of hydrogen-bond acceptors (Lipinski definition) is 5. The van der Waals surface area contributed by atoms with E-state index in [0.717, 1.165) is 6.07 Å². The number of hydrogen-bond donors (Lipinski definition) is 0. The Morgan fingerprint density at radius 2 is 2.00 bits per heavy atom. The van der Waals surface area contributed by atoms with Gasteiger partial charge in [0.2, 0.25) is 10.0 Å². The molecule has 0 aliphatic carbocycles. The van der Waals surface area contributed by atoms with E-state index < -0.39 is 20.4 Å². The van der Waals surface area contributed by atoms with Gasteiger partial charge in [-0.15, -0.1) is 0 Å². The Kier molecular flexibility index (Phi) is 3.98. The fraction of sp³-hybridized carbons (Fsp3) is 0.462. The zero-order valence-corrected chi connectivity index (χ0v) is 12.3. The van der Waals surface area contributed by atoms with Crippen LogP contribution in [-0.4, -0.2) is 30.7 Å². The highest BCUT2D eigenvalue weighted by Crippen LogP contribution is 2.32. The molecule has 112 valence electrons. The van der Waals surface area contributed by atoms with Gasteiger partial charge < -0.3 is 0 Å². The maximum Gasteiger partial charge on any atom is 0.270 e. The molecule has 1 aliphatic heterocycles. The topological polar surface area (TPSA) is 104 Å². The average Bonchev–Trinajstić information content (AvgIpc) is 2.48. The minimum atomic E-state index is -3.76. The number of nitriles is 1. The van der Waals surface area contributed by atoms with Crippen LogP contribution in [0.2, 0.25) is 0 Å². The van der Waals surface area contributed by atoms with Crippen molar-refractivity contribution in [3.05, 3.63) is 34.4 Å². The summed E-state index contributed by atoms with van der Waals surface area (Å²) in [6.45, 7) is 2.30.